The van der Waals surface area contributed by atoms with Gasteiger partial charge in [-0.25, -0.2) is 4.98 Å². The van der Waals surface area contributed by atoms with E-state index < -0.39 is 18.7 Å². The number of aromatic nitrogens is 3. The molecule has 3 aromatic rings. The van der Waals surface area contributed by atoms with Crippen molar-refractivity contribution in [3.8, 4) is 17.0 Å². The van der Waals surface area contributed by atoms with Crippen LogP contribution in [0.2, 0.25) is 5.02 Å². The summed E-state index contributed by atoms with van der Waals surface area (Å²) < 4.78 is 44.6. The Morgan fingerprint density at radius 1 is 1.22 bits per heavy atom. The molecule has 1 amide bonds. The highest BCUT2D eigenvalue weighted by Crippen LogP contribution is 2.32. The summed E-state index contributed by atoms with van der Waals surface area (Å²) in [5.74, 6) is 0.0413. The zero-order chi connectivity index (χ0) is 22.7. The van der Waals surface area contributed by atoms with Crippen molar-refractivity contribution in [3.05, 3.63) is 65.1 Å². The van der Waals surface area contributed by atoms with Crippen LogP contribution in [-0.4, -0.2) is 33.5 Å². The summed E-state index contributed by atoms with van der Waals surface area (Å²) in [6.07, 6.45) is 0.992. The molecule has 0 aliphatic heterocycles. The molecule has 32 heavy (non-hydrogen) atoms. The van der Waals surface area contributed by atoms with Gasteiger partial charge in [0.25, 0.3) is 5.91 Å². The van der Waals surface area contributed by atoms with E-state index in [0.29, 0.717) is 16.5 Å². The van der Waals surface area contributed by atoms with Gasteiger partial charge in [0.15, 0.2) is 6.61 Å². The Labute approximate surface area is 187 Å². The summed E-state index contributed by atoms with van der Waals surface area (Å²) in [6.45, 7) is -0.392. The minimum atomic E-state index is -4.52. The lowest BCUT2D eigenvalue weighted by Gasteiger charge is -2.14. The molecule has 1 saturated carbocycles. The van der Waals surface area contributed by atoms with Crippen LogP contribution in [0.1, 0.15) is 28.9 Å². The number of benzene rings is 1. The van der Waals surface area contributed by atoms with Gasteiger partial charge in [0, 0.05) is 29.5 Å². The Hall–Kier alpha value is -3.07. The molecule has 0 spiro atoms. The third-order valence-electron chi connectivity index (χ3n) is 4.91. The van der Waals surface area contributed by atoms with Crippen molar-refractivity contribution in [1.29, 1.82) is 0 Å². The van der Waals surface area contributed by atoms with E-state index in [9.17, 15) is 18.0 Å². The predicted octanol–water partition coefficient (Wildman–Crippen LogP) is 4.88. The quantitative estimate of drug-likeness (QED) is 0.516. The van der Waals surface area contributed by atoms with Crippen molar-refractivity contribution in [2.24, 2.45) is 5.92 Å². The number of halogens is 4. The number of rotatable bonds is 8. The van der Waals surface area contributed by atoms with Crippen LogP contribution in [0.25, 0.3) is 11.1 Å². The number of ether oxygens (including phenoxy) is 1. The molecule has 4 rings (SSSR count). The lowest BCUT2D eigenvalue weighted by Crippen LogP contribution is -2.24. The molecule has 1 aromatic carbocycles. The molecule has 0 radical (unpaired) electrons. The first kappa shape index (κ1) is 22.1. The number of carbonyl (C=O) groups is 1. The Kier molecular flexibility index (Phi) is 6.36. The number of carbonyl (C=O) groups excluding carboxylic acids is 1. The third-order valence-corrected chi connectivity index (χ3v) is 5.16. The number of nitrogens with zero attached hydrogens (tertiary/aromatic N) is 3. The van der Waals surface area contributed by atoms with Gasteiger partial charge in [-0.05, 0) is 48.6 Å². The largest absolute Gasteiger partial charge is 0.468 e. The first-order valence-corrected chi connectivity index (χ1v) is 10.4. The smallest absolute Gasteiger partial charge is 0.422 e. The average molecular weight is 465 g/mol. The SMILES string of the molecule is O=C(NCc1ccn(CC2CC2)n1)c1cnc(OCC(F)(F)F)c(-c2ccc(Cl)cc2)c1. The fourth-order valence-electron chi connectivity index (χ4n) is 3.12. The second kappa shape index (κ2) is 9.20. The van der Waals surface area contributed by atoms with E-state index in [4.69, 9.17) is 16.3 Å². The van der Waals surface area contributed by atoms with Crippen LogP contribution in [0.4, 0.5) is 13.2 Å². The lowest BCUT2D eigenvalue weighted by molar-refractivity contribution is -0.154. The molecule has 1 fully saturated rings. The molecule has 10 heteroatoms. The average Bonchev–Trinajstić information content (AvgIpc) is 3.46. The molecule has 1 aliphatic rings. The van der Waals surface area contributed by atoms with Gasteiger partial charge in [-0.2, -0.15) is 18.3 Å². The first-order valence-electron chi connectivity index (χ1n) is 10.0. The number of amides is 1. The van der Waals surface area contributed by atoms with E-state index in [-0.39, 0.29) is 23.6 Å². The fourth-order valence-corrected chi connectivity index (χ4v) is 3.24. The Balaban J connectivity index is 1.49. The van der Waals surface area contributed by atoms with Crippen molar-refractivity contribution in [1.82, 2.24) is 20.1 Å². The molecule has 2 aromatic heterocycles. The van der Waals surface area contributed by atoms with Crippen LogP contribution in [0.3, 0.4) is 0 Å². The normalized spacial score (nSPS) is 13.8. The molecule has 0 bridgehead atoms. The summed E-state index contributed by atoms with van der Waals surface area (Å²) >= 11 is 5.91. The molecular formula is C22H20ClF3N4O2. The molecule has 6 nitrogen and oxygen atoms in total. The molecule has 168 valence electrons. The zero-order valence-corrected chi connectivity index (χ0v) is 17.7. The van der Waals surface area contributed by atoms with Crippen molar-refractivity contribution < 1.29 is 22.7 Å². The van der Waals surface area contributed by atoms with Gasteiger partial charge in [0.05, 0.1) is 17.8 Å². The van der Waals surface area contributed by atoms with Crippen molar-refractivity contribution in [2.45, 2.75) is 32.1 Å². The van der Waals surface area contributed by atoms with Gasteiger partial charge in [-0.1, -0.05) is 23.7 Å². The summed E-state index contributed by atoms with van der Waals surface area (Å²) in [4.78, 5) is 16.6. The van der Waals surface area contributed by atoms with Gasteiger partial charge in [0.2, 0.25) is 5.88 Å². The molecule has 0 unspecified atom stereocenters. The number of pyridine rings is 1. The van der Waals surface area contributed by atoms with E-state index in [0.717, 1.165) is 12.2 Å². The van der Waals surface area contributed by atoms with Crippen LogP contribution in [0, 0.1) is 5.92 Å². The van der Waals surface area contributed by atoms with Gasteiger partial charge in [0.1, 0.15) is 0 Å². The van der Waals surface area contributed by atoms with Gasteiger partial charge in [-0.3, -0.25) is 9.48 Å². The van der Waals surface area contributed by atoms with E-state index >= 15 is 0 Å². The number of alkyl halides is 3. The van der Waals surface area contributed by atoms with Crippen LogP contribution in [-0.2, 0) is 13.1 Å². The van der Waals surface area contributed by atoms with Crippen molar-refractivity contribution >= 4 is 17.5 Å². The van der Waals surface area contributed by atoms with E-state index in [1.54, 1.807) is 24.3 Å². The highest BCUT2D eigenvalue weighted by molar-refractivity contribution is 6.30. The topological polar surface area (TPSA) is 69.0 Å². The summed E-state index contributed by atoms with van der Waals surface area (Å²) in [5.41, 5.74) is 1.68. The fraction of sp³-hybridized carbons (Fsp3) is 0.318. The number of hydrogen-bond donors (Lipinski definition) is 1. The minimum absolute atomic E-state index is 0.187. The van der Waals surface area contributed by atoms with Crippen molar-refractivity contribution in [2.75, 3.05) is 6.61 Å². The Bertz CT molecular complexity index is 1100. The molecular weight excluding hydrogens is 445 g/mol. The van der Waals surface area contributed by atoms with Crippen LogP contribution < -0.4 is 10.1 Å². The lowest BCUT2D eigenvalue weighted by atomic mass is 10.0. The maximum atomic E-state index is 12.7. The second-order valence-electron chi connectivity index (χ2n) is 7.64. The maximum absolute atomic E-state index is 12.7. The third kappa shape index (κ3) is 6.00. The minimum Gasteiger partial charge on any atom is -0.468 e. The van der Waals surface area contributed by atoms with Gasteiger partial charge < -0.3 is 10.1 Å². The maximum Gasteiger partial charge on any atom is 0.422 e. The standard InChI is InChI=1S/C22H20ClF3N4O2/c23-17-5-3-15(4-6-17)19-9-16(10-28-21(19)32-13-22(24,25)26)20(31)27-11-18-7-8-30(29-18)12-14-1-2-14/h3-10,14H,1-2,11-13H2,(H,27,31). The molecule has 1 aliphatic carbocycles. The summed E-state index contributed by atoms with van der Waals surface area (Å²) in [7, 11) is 0. The molecule has 2 heterocycles. The number of hydrogen-bond acceptors (Lipinski definition) is 4. The molecule has 0 atom stereocenters. The van der Waals surface area contributed by atoms with Gasteiger partial charge >= 0.3 is 6.18 Å². The van der Waals surface area contributed by atoms with Crippen molar-refractivity contribution in [3.63, 3.8) is 0 Å². The first-order chi connectivity index (χ1) is 15.3. The van der Waals surface area contributed by atoms with E-state index in [1.807, 2.05) is 16.9 Å². The zero-order valence-electron chi connectivity index (χ0n) is 16.9. The Morgan fingerprint density at radius 2 is 1.97 bits per heavy atom. The second-order valence-corrected chi connectivity index (χ2v) is 8.08. The monoisotopic (exact) mass is 464 g/mol. The number of nitrogens with one attached hydrogen (secondary N) is 1. The predicted molar refractivity (Wildman–Crippen MR) is 112 cm³/mol. The summed E-state index contributed by atoms with van der Waals surface area (Å²) in [6, 6.07) is 9.71. The molecule has 0 saturated heterocycles. The highest BCUT2D eigenvalue weighted by Gasteiger charge is 2.29. The highest BCUT2D eigenvalue weighted by atomic mass is 35.5. The Morgan fingerprint density at radius 3 is 2.66 bits per heavy atom. The van der Waals surface area contributed by atoms with Gasteiger partial charge in [-0.15, -0.1) is 0 Å². The van der Waals surface area contributed by atoms with E-state index in [2.05, 4.69) is 15.4 Å². The van der Waals surface area contributed by atoms with Crippen LogP contribution in [0.15, 0.2) is 48.8 Å². The van der Waals surface area contributed by atoms with Crippen LogP contribution >= 0.6 is 11.6 Å². The summed E-state index contributed by atoms with van der Waals surface area (Å²) in [5, 5.41) is 7.67. The van der Waals surface area contributed by atoms with Crippen LogP contribution in [0.5, 0.6) is 5.88 Å². The molecule has 1 N–H and O–H groups in total. The van der Waals surface area contributed by atoms with E-state index in [1.165, 1.54) is 25.1 Å².